The van der Waals surface area contributed by atoms with Crippen LogP contribution in [0.3, 0.4) is 0 Å². The fraction of sp³-hybridized carbons (Fsp3) is 0.333. The molecule has 0 saturated carbocycles. The summed E-state index contributed by atoms with van der Waals surface area (Å²) < 4.78 is 13.4. The number of halogens is 2. The molecule has 0 bridgehead atoms. The van der Waals surface area contributed by atoms with Gasteiger partial charge >= 0.3 is 0 Å². The van der Waals surface area contributed by atoms with Gasteiger partial charge in [0.15, 0.2) is 0 Å². The van der Waals surface area contributed by atoms with Crippen molar-refractivity contribution < 1.29 is 9.50 Å². The molecule has 0 spiro atoms. The standard InChI is InChI=1S/C9H11BrFNO/c10-9-6(4-7(12)5-13)2-1-3-8(9)11/h1-3,7,13H,4-5,12H2. The molecule has 0 aliphatic rings. The van der Waals surface area contributed by atoms with Crippen LogP contribution in [0.2, 0.25) is 0 Å². The average molecular weight is 248 g/mol. The second-order valence-electron chi connectivity index (χ2n) is 2.86. The summed E-state index contributed by atoms with van der Waals surface area (Å²) in [6, 6.07) is 4.44. The number of hydrogen-bond donors (Lipinski definition) is 2. The third kappa shape index (κ3) is 2.76. The fourth-order valence-corrected chi connectivity index (χ4v) is 1.48. The molecule has 2 nitrogen and oxygen atoms in total. The van der Waals surface area contributed by atoms with Gasteiger partial charge < -0.3 is 10.8 Å². The molecule has 0 radical (unpaired) electrons. The maximum absolute atomic E-state index is 13.0. The Morgan fingerprint density at radius 2 is 2.23 bits per heavy atom. The number of aliphatic hydroxyl groups is 1. The lowest BCUT2D eigenvalue weighted by Crippen LogP contribution is -2.27. The van der Waals surface area contributed by atoms with E-state index in [9.17, 15) is 4.39 Å². The molecule has 1 rings (SSSR count). The SMILES string of the molecule is NC(CO)Cc1cccc(F)c1Br. The maximum atomic E-state index is 13.0. The Kier molecular flexibility index (Phi) is 3.84. The van der Waals surface area contributed by atoms with Crippen LogP contribution in [0.1, 0.15) is 5.56 Å². The van der Waals surface area contributed by atoms with E-state index in [1.807, 2.05) is 0 Å². The van der Waals surface area contributed by atoms with Crippen LogP contribution in [-0.2, 0) is 6.42 Å². The van der Waals surface area contributed by atoms with Crippen molar-refractivity contribution in [2.24, 2.45) is 5.73 Å². The molecule has 0 aliphatic heterocycles. The highest BCUT2D eigenvalue weighted by Crippen LogP contribution is 2.21. The van der Waals surface area contributed by atoms with Crippen LogP contribution in [0.5, 0.6) is 0 Å². The number of nitrogens with two attached hydrogens (primary N) is 1. The molecule has 0 aromatic heterocycles. The summed E-state index contributed by atoms with van der Waals surface area (Å²) in [6.07, 6.45) is 0.467. The van der Waals surface area contributed by atoms with E-state index < -0.39 is 0 Å². The van der Waals surface area contributed by atoms with Gasteiger partial charge in [0.25, 0.3) is 0 Å². The Hall–Kier alpha value is -0.450. The highest BCUT2D eigenvalue weighted by Gasteiger charge is 2.08. The predicted octanol–water partition coefficient (Wildman–Crippen LogP) is 1.45. The third-order valence-corrected chi connectivity index (χ3v) is 2.64. The molecule has 1 atom stereocenters. The zero-order valence-corrected chi connectivity index (χ0v) is 8.59. The number of rotatable bonds is 3. The fourth-order valence-electron chi connectivity index (χ4n) is 1.05. The summed E-state index contributed by atoms with van der Waals surface area (Å²) in [6.45, 7) is -0.0943. The van der Waals surface area contributed by atoms with Crippen LogP contribution in [0.4, 0.5) is 4.39 Å². The van der Waals surface area contributed by atoms with Crippen molar-refractivity contribution in [1.82, 2.24) is 0 Å². The molecule has 1 aromatic carbocycles. The van der Waals surface area contributed by atoms with E-state index in [1.165, 1.54) is 6.07 Å². The molecule has 1 unspecified atom stereocenters. The van der Waals surface area contributed by atoms with Crippen LogP contribution < -0.4 is 5.73 Å². The lowest BCUT2D eigenvalue weighted by Gasteiger charge is -2.09. The van der Waals surface area contributed by atoms with E-state index in [2.05, 4.69) is 15.9 Å². The average Bonchev–Trinajstić information content (AvgIpc) is 2.13. The van der Waals surface area contributed by atoms with Crippen molar-refractivity contribution in [2.75, 3.05) is 6.61 Å². The molecule has 4 heteroatoms. The molecule has 3 N–H and O–H groups in total. The summed E-state index contributed by atoms with van der Waals surface area (Å²) in [4.78, 5) is 0. The van der Waals surface area contributed by atoms with Gasteiger partial charge in [-0.3, -0.25) is 0 Å². The Labute approximate surface area is 84.7 Å². The molecule has 0 aliphatic carbocycles. The monoisotopic (exact) mass is 247 g/mol. The van der Waals surface area contributed by atoms with Crippen LogP contribution >= 0.6 is 15.9 Å². The zero-order chi connectivity index (χ0) is 9.84. The summed E-state index contributed by atoms with van der Waals surface area (Å²) in [5, 5.41) is 8.72. The van der Waals surface area contributed by atoms with Gasteiger partial charge in [-0.25, -0.2) is 4.39 Å². The highest BCUT2D eigenvalue weighted by atomic mass is 79.9. The summed E-state index contributed by atoms with van der Waals surface area (Å²) >= 11 is 3.13. The smallest absolute Gasteiger partial charge is 0.137 e. The highest BCUT2D eigenvalue weighted by molar-refractivity contribution is 9.10. The van der Waals surface area contributed by atoms with Crippen LogP contribution in [0.25, 0.3) is 0 Å². The molecule has 1 aromatic rings. The number of benzene rings is 1. The second-order valence-corrected chi connectivity index (χ2v) is 3.65. The molecular weight excluding hydrogens is 237 g/mol. The Balaban J connectivity index is 2.83. The predicted molar refractivity (Wildman–Crippen MR) is 52.9 cm³/mol. The van der Waals surface area contributed by atoms with Gasteiger partial charge in [-0.1, -0.05) is 12.1 Å². The molecule has 0 amide bonds. The quantitative estimate of drug-likeness (QED) is 0.850. The Bertz CT molecular complexity index is 293. The molecule has 0 heterocycles. The molecule has 0 saturated heterocycles. The minimum absolute atomic E-state index is 0.0943. The number of hydrogen-bond acceptors (Lipinski definition) is 2. The van der Waals surface area contributed by atoms with Gasteiger partial charge in [0.1, 0.15) is 5.82 Å². The van der Waals surface area contributed by atoms with Gasteiger partial charge in [0.2, 0.25) is 0 Å². The lowest BCUT2D eigenvalue weighted by atomic mass is 10.1. The van der Waals surface area contributed by atoms with Crippen molar-refractivity contribution in [3.63, 3.8) is 0 Å². The third-order valence-electron chi connectivity index (χ3n) is 1.75. The van der Waals surface area contributed by atoms with Crippen molar-refractivity contribution >= 4 is 15.9 Å². The van der Waals surface area contributed by atoms with Crippen LogP contribution in [0, 0.1) is 5.82 Å². The van der Waals surface area contributed by atoms with E-state index in [0.717, 1.165) is 5.56 Å². The van der Waals surface area contributed by atoms with E-state index in [0.29, 0.717) is 10.9 Å². The van der Waals surface area contributed by atoms with Gasteiger partial charge in [-0.15, -0.1) is 0 Å². The number of aliphatic hydroxyl groups excluding tert-OH is 1. The van der Waals surface area contributed by atoms with Crippen molar-refractivity contribution in [1.29, 1.82) is 0 Å². The first-order chi connectivity index (χ1) is 6.15. The summed E-state index contributed by atoms with van der Waals surface area (Å²) in [5.74, 6) is -0.303. The van der Waals surface area contributed by atoms with E-state index in [1.54, 1.807) is 12.1 Å². The van der Waals surface area contributed by atoms with Crippen molar-refractivity contribution in [3.8, 4) is 0 Å². The van der Waals surface area contributed by atoms with Crippen LogP contribution in [-0.4, -0.2) is 17.8 Å². The van der Waals surface area contributed by atoms with Gasteiger partial charge in [-0.2, -0.15) is 0 Å². The van der Waals surface area contributed by atoms with E-state index in [4.69, 9.17) is 10.8 Å². The topological polar surface area (TPSA) is 46.2 Å². The first-order valence-corrected chi connectivity index (χ1v) is 4.73. The molecule has 72 valence electrons. The Morgan fingerprint density at radius 1 is 1.54 bits per heavy atom. The zero-order valence-electron chi connectivity index (χ0n) is 7.00. The minimum atomic E-state index is -0.335. The van der Waals surface area contributed by atoms with Crippen LogP contribution in [0.15, 0.2) is 22.7 Å². The van der Waals surface area contributed by atoms with Crippen molar-refractivity contribution in [2.45, 2.75) is 12.5 Å². The maximum Gasteiger partial charge on any atom is 0.137 e. The van der Waals surface area contributed by atoms with Gasteiger partial charge in [-0.05, 0) is 34.0 Å². The van der Waals surface area contributed by atoms with Gasteiger partial charge in [0.05, 0.1) is 11.1 Å². The van der Waals surface area contributed by atoms with Crippen molar-refractivity contribution in [3.05, 3.63) is 34.1 Å². The van der Waals surface area contributed by atoms with Gasteiger partial charge in [0, 0.05) is 6.04 Å². The molecule has 0 fully saturated rings. The van der Waals surface area contributed by atoms with E-state index >= 15 is 0 Å². The first-order valence-electron chi connectivity index (χ1n) is 3.94. The summed E-state index contributed by atoms with van der Waals surface area (Å²) in [5.41, 5.74) is 6.31. The normalized spacial score (nSPS) is 12.9. The summed E-state index contributed by atoms with van der Waals surface area (Å²) in [7, 11) is 0. The minimum Gasteiger partial charge on any atom is -0.395 e. The van der Waals surface area contributed by atoms with E-state index in [-0.39, 0.29) is 18.5 Å². The molecular formula is C9H11BrFNO. The Morgan fingerprint density at radius 3 is 2.85 bits per heavy atom. The molecule has 13 heavy (non-hydrogen) atoms. The second kappa shape index (κ2) is 4.69. The first kappa shape index (κ1) is 10.6. The lowest BCUT2D eigenvalue weighted by molar-refractivity contribution is 0.265. The largest absolute Gasteiger partial charge is 0.395 e.